The standard InChI is InChI=1S/C13H24N2O4/c1-4-6-13(3,11(17)18)14-12(19)15-7-5-10(16)9(2)8-15/h9-10,16H,4-8H2,1-3H3,(H,14,19)(H,17,18). The molecule has 6 nitrogen and oxygen atoms in total. The molecule has 19 heavy (non-hydrogen) atoms. The second kappa shape index (κ2) is 6.23. The van der Waals surface area contributed by atoms with Crippen molar-refractivity contribution in [3.8, 4) is 0 Å². The number of amides is 2. The van der Waals surface area contributed by atoms with Crippen LogP contribution in [0.3, 0.4) is 0 Å². The monoisotopic (exact) mass is 272 g/mol. The van der Waals surface area contributed by atoms with Crippen LogP contribution in [-0.4, -0.2) is 51.8 Å². The van der Waals surface area contributed by atoms with Crippen molar-refractivity contribution in [3.05, 3.63) is 0 Å². The van der Waals surface area contributed by atoms with Gasteiger partial charge in [-0.1, -0.05) is 20.3 Å². The number of urea groups is 1. The van der Waals surface area contributed by atoms with Gasteiger partial charge < -0.3 is 20.4 Å². The van der Waals surface area contributed by atoms with Crippen molar-refractivity contribution >= 4 is 12.0 Å². The molecule has 1 saturated heterocycles. The van der Waals surface area contributed by atoms with E-state index in [1.54, 1.807) is 4.90 Å². The number of piperidine rings is 1. The van der Waals surface area contributed by atoms with E-state index in [-0.39, 0.29) is 18.1 Å². The molecule has 1 heterocycles. The molecule has 0 radical (unpaired) electrons. The molecule has 1 aliphatic rings. The number of nitrogens with one attached hydrogen (secondary N) is 1. The lowest BCUT2D eigenvalue weighted by Gasteiger charge is -2.36. The van der Waals surface area contributed by atoms with Crippen molar-refractivity contribution in [1.82, 2.24) is 10.2 Å². The summed E-state index contributed by atoms with van der Waals surface area (Å²) in [5, 5.41) is 21.5. The van der Waals surface area contributed by atoms with Crippen LogP contribution in [0.5, 0.6) is 0 Å². The molecule has 1 fully saturated rings. The molecule has 1 rings (SSSR count). The Bertz CT molecular complexity index is 348. The van der Waals surface area contributed by atoms with Crippen LogP contribution >= 0.6 is 0 Å². The lowest BCUT2D eigenvalue weighted by molar-refractivity contribution is -0.144. The van der Waals surface area contributed by atoms with Gasteiger partial charge in [0.15, 0.2) is 0 Å². The molecule has 0 saturated carbocycles. The first-order valence-corrected chi connectivity index (χ1v) is 6.78. The van der Waals surface area contributed by atoms with Crippen molar-refractivity contribution in [2.24, 2.45) is 5.92 Å². The molecule has 0 bridgehead atoms. The Morgan fingerprint density at radius 3 is 2.58 bits per heavy atom. The molecule has 0 aromatic heterocycles. The van der Waals surface area contributed by atoms with Crippen molar-refractivity contribution in [2.45, 2.75) is 51.7 Å². The third-order valence-electron chi connectivity index (χ3n) is 3.75. The first-order valence-electron chi connectivity index (χ1n) is 6.78. The van der Waals surface area contributed by atoms with Gasteiger partial charge in [0, 0.05) is 13.1 Å². The Morgan fingerprint density at radius 1 is 1.47 bits per heavy atom. The van der Waals surface area contributed by atoms with Crippen LogP contribution < -0.4 is 5.32 Å². The largest absolute Gasteiger partial charge is 0.480 e. The second-order valence-electron chi connectivity index (χ2n) is 5.60. The molecule has 1 aliphatic heterocycles. The molecular weight excluding hydrogens is 248 g/mol. The first kappa shape index (κ1) is 15.8. The van der Waals surface area contributed by atoms with Crippen LogP contribution in [0.15, 0.2) is 0 Å². The highest BCUT2D eigenvalue weighted by molar-refractivity contribution is 5.85. The van der Waals surface area contributed by atoms with E-state index in [2.05, 4.69) is 5.32 Å². The number of likely N-dealkylation sites (tertiary alicyclic amines) is 1. The second-order valence-corrected chi connectivity index (χ2v) is 5.60. The summed E-state index contributed by atoms with van der Waals surface area (Å²) >= 11 is 0. The van der Waals surface area contributed by atoms with E-state index < -0.39 is 11.5 Å². The molecular formula is C13H24N2O4. The summed E-state index contributed by atoms with van der Waals surface area (Å²) in [4.78, 5) is 25.0. The van der Waals surface area contributed by atoms with Crippen LogP contribution in [0.4, 0.5) is 4.79 Å². The van der Waals surface area contributed by atoms with Crippen molar-refractivity contribution in [1.29, 1.82) is 0 Å². The highest BCUT2D eigenvalue weighted by Crippen LogP contribution is 2.18. The number of carbonyl (C=O) groups excluding carboxylic acids is 1. The summed E-state index contributed by atoms with van der Waals surface area (Å²) in [5.41, 5.74) is -1.23. The Hall–Kier alpha value is -1.30. The van der Waals surface area contributed by atoms with Crippen LogP contribution in [0.2, 0.25) is 0 Å². The maximum absolute atomic E-state index is 12.1. The maximum atomic E-state index is 12.1. The topological polar surface area (TPSA) is 89.9 Å². The number of carboxylic acids is 1. The van der Waals surface area contributed by atoms with Gasteiger partial charge in [-0.3, -0.25) is 0 Å². The summed E-state index contributed by atoms with van der Waals surface area (Å²) in [7, 11) is 0. The summed E-state index contributed by atoms with van der Waals surface area (Å²) in [6, 6.07) is -0.364. The van der Waals surface area contributed by atoms with Gasteiger partial charge in [0.2, 0.25) is 0 Å². The molecule has 6 heteroatoms. The van der Waals surface area contributed by atoms with Gasteiger partial charge in [0.25, 0.3) is 0 Å². The smallest absolute Gasteiger partial charge is 0.329 e. The molecule has 3 atom stereocenters. The van der Waals surface area contributed by atoms with Gasteiger partial charge in [-0.15, -0.1) is 0 Å². The van der Waals surface area contributed by atoms with Crippen LogP contribution in [0.25, 0.3) is 0 Å². The number of aliphatic hydroxyl groups excluding tert-OH is 1. The molecule has 0 aromatic rings. The van der Waals surface area contributed by atoms with E-state index in [1.165, 1.54) is 6.92 Å². The van der Waals surface area contributed by atoms with E-state index in [4.69, 9.17) is 0 Å². The summed E-state index contributed by atoms with van der Waals surface area (Å²) in [6.45, 7) is 6.20. The van der Waals surface area contributed by atoms with E-state index in [9.17, 15) is 19.8 Å². The Kier molecular flexibility index (Phi) is 5.17. The average molecular weight is 272 g/mol. The maximum Gasteiger partial charge on any atom is 0.329 e. The van der Waals surface area contributed by atoms with Crippen molar-refractivity contribution in [2.75, 3.05) is 13.1 Å². The van der Waals surface area contributed by atoms with Gasteiger partial charge in [-0.25, -0.2) is 9.59 Å². The van der Waals surface area contributed by atoms with E-state index in [0.29, 0.717) is 32.4 Å². The van der Waals surface area contributed by atoms with Gasteiger partial charge in [-0.2, -0.15) is 0 Å². The van der Waals surface area contributed by atoms with Gasteiger partial charge >= 0.3 is 12.0 Å². The lowest BCUT2D eigenvalue weighted by Crippen LogP contribution is -2.58. The molecule has 3 N–H and O–H groups in total. The van der Waals surface area contributed by atoms with Crippen molar-refractivity contribution in [3.63, 3.8) is 0 Å². The Labute approximate surface area is 113 Å². The predicted molar refractivity (Wildman–Crippen MR) is 70.8 cm³/mol. The third kappa shape index (κ3) is 3.83. The first-order chi connectivity index (χ1) is 8.80. The molecule has 3 unspecified atom stereocenters. The number of hydrogen-bond donors (Lipinski definition) is 3. The quantitative estimate of drug-likeness (QED) is 0.713. The highest BCUT2D eigenvalue weighted by Gasteiger charge is 2.36. The van der Waals surface area contributed by atoms with Crippen LogP contribution in [0, 0.1) is 5.92 Å². The zero-order valence-corrected chi connectivity index (χ0v) is 11.8. The summed E-state index contributed by atoms with van der Waals surface area (Å²) in [5.74, 6) is -1.01. The number of aliphatic hydroxyl groups is 1. The number of carbonyl (C=O) groups is 2. The molecule has 2 amide bonds. The zero-order valence-electron chi connectivity index (χ0n) is 11.8. The zero-order chi connectivity index (χ0) is 14.6. The fraction of sp³-hybridized carbons (Fsp3) is 0.846. The average Bonchev–Trinajstić information content (AvgIpc) is 2.32. The lowest BCUT2D eigenvalue weighted by atomic mass is 9.95. The normalized spacial score (nSPS) is 26.6. The Balaban J connectivity index is 2.65. The number of aliphatic carboxylic acids is 1. The van der Waals surface area contributed by atoms with E-state index >= 15 is 0 Å². The molecule has 0 aromatic carbocycles. The minimum absolute atomic E-state index is 0.0155. The molecule has 0 aliphatic carbocycles. The number of hydrogen-bond acceptors (Lipinski definition) is 3. The minimum atomic E-state index is -1.23. The fourth-order valence-electron chi connectivity index (χ4n) is 2.36. The SMILES string of the molecule is CCCC(C)(NC(=O)N1CCC(O)C(C)C1)C(=O)O. The number of nitrogens with zero attached hydrogens (tertiary/aromatic N) is 1. The number of carboxylic acid groups (broad SMARTS) is 1. The summed E-state index contributed by atoms with van der Waals surface area (Å²) < 4.78 is 0. The van der Waals surface area contributed by atoms with Crippen LogP contribution in [0.1, 0.15) is 40.0 Å². The number of rotatable bonds is 4. The Morgan fingerprint density at radius 2 is 2.11 bits per heavy atom. The third-order valence-corrected chi connectivity index (χ3v) is 3.75. The van der Waals surface area contributed by atoms with Gasteiger partial charge in [0.05, 0.1) is 6.10 Å². The fourth-order valence-corrected chi connectivity index (χ4v) is 2.36. The minimum Gasteiger partial charge on any atom is -0.480 e. The van der Waals surface area contributed by atoms with Crippen LogP contribution in [-0.2, 0) is 4.79 Å². The van der Waals surface area contributed by atoms with E-state index in [0.717, 1.165) is 0 Å². The van der Waals surface area contributed by atoms with Gasteiger partial charge in [-0.05, 0) is 25.7 Å². The highest BCUT2D eigenvalue weighted by atomic mass is 16.4. The summed E-state index contributed by atoms with van der Waals surface area (Å²) in [6.07, 6.45) is 1.22. The molecule has 110 valence electrons. The van der Waals surface area contributed by atoms with Gasteiger partial charge in [0.1, 0.15) is 5.54 Å². The predicted octanol–water partition coefficient (Wildman–Crippen LogP) is 1.04. The van der Waals surface area contributed by atoms with Crippen molar-refractivity contribution < 1.29 is 19.8 Å². The van der Waals surface area contributed by atoms with E-state index in [1.807, 2.05) is 13.8 Å². The molecule has 0 spiro atoms.